The van der Waals surface area contributed by atoms with Gasteiger partial charge in [-0.25, -0.2) is 0 Å². The number of carbonyl (C=O) groups is 2. The predicted molar refractivity (Wildman–Crippen MR) is 112 cm³/mol. The second-order valence-corrected chi connectivity index (χ2v) is 8.68. The summed E-state index contributed by atoms with van der Waals surface area (Å²) in [7, 11) is 0. The van der Waals surface area contributed by atoms with Gasteiger partial charge in [0.2, 0.25) is 11.8 Å². The second kappa shape index (κ2) is 8.82. The molecule has 3 atom stereocenters. The molecular formula is C20H24BrN5O3. The topological polar surface area (TPSA) is 120 Å². The van der Waals surface area contributed by atoms with E-state index in [1.807, 2.05) is 13.8 Å². The Balaban J connectivity index is 1.85. The highest BCUT2D eigenvalue weighted by atomic mass is 79.9. The lowest BCUT2D eigenvalue weighted by molar-refractivity contribution is -0.126. The molecule has 1 fully saturated rings. The Kier molecular flexibility index (Phi) is 6.42. The predicted octanol–water partition coefficient (Wildman–Crippen LogP) is 2.21. The molecular weight excluding hydrogens is 438 g/mol. The van der Waals surface area contributed by atoms with Crippen molar-refractivity contribution in [2.24, 2.45) is 11.8 Å². The van der Waals surface area contributed by atoms with Crippen LogP contribution in [0.3, 0.4) is 0 Å². The number of rotatable bonds is 7. The van der Waals surface area contributed by atoms with Crippen LogP contribution in [0, 0.1) is 23.2 Å². The Hall–Kier alpha value is -2.60. The van der Waals surface area contributed by atoms with Crippen LogP contribution < -0.4 is 16.2 Å². The fourth-order valence-electron chi connectivity index (χ4n) is 3.71. The van der Waals surface area contributed by atoms with E-state index in [9.17, 15) is 19.6 Å². The molecule has 1 aliphatic heterocycles. The standard InChI is InChI=1S/C20H24BrN5O3/c1-11(2)7-15(26-6-4-12-9-16(21)25-17(12)20(26)29)19(28)24-14(10-22)8-13-3-5-23-18(13)27/h4,6,9,11,13-15,25H,3,5,7-8H2,1-2H3,(H,23,27)(H,24,28)/t13-,14-,15-/m0/s1. The average molecular weight is 462 g/mol. The second-order valence-electron chi connectivity index (χ2n) is 7.82. The molecule has 0 unspecified atom stereocenters. The minimum absolute atomic E-state index is 0.0859. The monoisotopic (exact) mass is 461 g/mol. The highest BCUT2D eigenvalue weighted by Crippen LogP contribution is 2.22. The molecule has 2 aromatic rings. The van der Waals surface area contributed by atoms with Gasteiger partial charge < -0.3 is 20.2 Å². The molecule has 3 rings (SSSR count). The maximum absolute atomic E-state index is 13.1. The Morgan fingerprint density at radius 2 is 2.21 bits per heavy atom. The van der Waals surface area contributed by atoms with Gasteiger partial charge in [-0.2, -0.15) is 5.26 Å². The number of hydrogen-bond donors (Lipinski definition) is 3. The van der Waals surface area contributed by atoms with Crippen LogP contribution in [0.1, 0.15) is 39.2 Å². The number of nitrogens with one attached hydrogen (secondary N) is 3. The third kappa shape index (κ3) is 4.70. The first-order valence-electron chi connectivity index (χ1n) is 9.67. The average Bonchev–Trinajstić information content (AvgIpc) is 3.25. The van der Waals surface area contributed by atoms with Gasteiger partial charge in [0.1, 0.15) is 17.6 Å². The number of pyridine rings is 1. The van der Waals surface area contributed by atoms with Crippen LogP contribution in [0.15, 0.2) is 27.7 Å². The van der Waals surface area contributed by atoms with E-state index in [1.165, 1.54) is 4.57 Å². The van der Waals surface area contributed by atoms with Crippen LogP contribution >= 0.6 is 15.9 Å². The van der Waals surface area contributed by atoms with Crippen LogP contribution in [0.25, 0.3) is 10.9 Å². The van der Waals surface area contributed by atoms with Crippen LogP contribution in [0.4, 0.5) is 0 Å². The molecule has 1 saturated heterocycles. The third-order valence-electron chi connectivity index (χ3n) is 5.17. The minimum atomic E-state index is -0.787. The van der Waals surface area contributed by atoms with Crippen molar-refractivity contribution in [2.75, 3.05) is 6.54 Å². The summed E-state index contributed by atoms with van der Waals surface area (Å²) in [5, 5.41) is 15.7. The molecule has 0 saturated carbocycles. The number of carbonyl (C=O) groups excluding carboxylic acids is 2. The zero-order valence-corrected chi connectivity index (χ0v) is 18.0. The SMILES string of the molecule is CC(C)C[C@@H](C(=O)N[C@H](C#N)C[C@@H]1CCNC1=O)n1ccc2cc(Br)[nH]c2c1=O. The summed E-state index contributed by atoms with van der Waals surface area (Å²) in [6.07, 6.45) is 2.98. The van der Waals surface area contributed by atoms with Gasteiger partial charge >= 0.3 is 0 Å². The Labute approximate surface area is 176 Å². The molecule has 3 N–H and O–H groups in total. The maximum atomic E-state index is 13.1. The molecule has 0 radical (unpaired) electrons. The summed E-state index contributed by atoms with van der Waals surface area (Å²) in [4.78, 5) is 40.8. The summed E-state index contributed by atoms with van der Waals surface area (Å²) < 4.78 is 2.10. The summed E-state index contributed by atoms with van der Waals surface area (Å²) in [5.74, 6) is -0.600. The van der Waals surface area contributed by atoms with Gasteiger partial charge in [-0.1, -0.05) is 13.8 Å². The lowest BCUT2D eigenvalue weighted by atomic mass is 9.98. The van der Waals surface area contributed by atoms with Crippen molar-refractivity contribution in [3.05, 3.63) is 33.3 Å². The van der Waals surface area contributed by atoms with E-state index in [-0.39, 0.29) is 29.7 Å². The minimum Gasteiger partial charge on any atom is -0.356 e. The maximum Gasteiger partial charge on any atom is 0.275 e. The molecule has 0 bridgehead atoms. The zero-order valence-electron chi connectivity index (χ0n) is 16.4. The fraction of sp³-hybridized carbons (Fsp3) is 0.500. The van der Waals surface area contributed by atoms with Gasteiger partial charge in [-0.05, 0) is 53.2 Å². The van der Waals surface area contributed by atoms with Gasteiger partial charge in [0, 0.05) is 24.0 Å². The molecule has 8 nitrogen and oxygen atoms in total. The molecule has 29 heavy (non-hydrogen) atoms. The highest BCUT2D eigenvalue weighted by Gasteiger charge is 2.30. The van der Waals surface area contributed by atoms with Crippen LogP contribution in [-0.2, 0) is 9.59 Å². The van der Waals surface area contributed by atoms with E-state index in [1.54, 1.807) is 18.3 Å². The summed E-state index contributed by atoms with van der Waals surface area (Å²) in [6, 6.07) is 4.12. The van der Waals surface area contributed by atoms with E-state index >= 15 is 0 Å². The number of nitrogens with zero attached hydrogens (tertiary/aromatic N) is 2. The highest BCUT2D eigenvalue weighted by molar-refractivity contribution is 9.10. The number of H-pyrrole nitrogens is 1. The Bertz CT molecular complexity index is 1020. The smallest absolute Gasteiger partial charge is 0.275 e. The Morgan fingerprint density at radius 1 is 1.45 bits per heavy atom. The van der Waals surface area contributed by atoms with Gasteiger partial charge in [-0.3, -0.25) is 14.4 Å². The molecule has 0 spiro atoms. The zero-order chi connectivity index (χ0) is 21.1. The first kappa shape index (κ1) is 21.1. The van der Waals surface area contributed by atoms with Gasteiger partial charge in [0.15, 0.2) is 0 Å². The number of amides is 2. The van der Waals surface area contributed by atoms with Crippen molar-refractivity contribution in [3.8, 4) is 6.07 Å². The Morgan fingerprint density at radius 3 is 2.83 bits per heavy atom. The molecule has 3 heterocycles. The summed E-state index contributed by atoms with van der Waals surface area (Å²) >= 11 is 3.33. The quantitative estimate of drug-likeness (QED) is 0.585. The van der Waals surface area contributed by atoms with E-state index < -0.39 is 18.0 Å². The lowest BCUT2D eigenvalue weighted by Crippen LogP contribution is -2.43. The lowest BCUT2D eigenvalue weighted by Gasteiger charge is -2.23. The van der Waals surface area contributed by atoms with Crippen LogP contribution in [-0.4, -0.2) is 34.0 Å². The van der Waals surface area contributed by atoms with Crippen LogP contribution in [0.2, 0.25) is 0 Å². The third-order valence-corrected chi connectivity index (χ3v) is 5.59. The van der Waals surface area contributed by atoms with Crippen molar-refractivity contribution in [2.45, 2.75) is 45.2 Å². The van der Waals surface area contributed by atoms with E-state index in [2.05, 4.69) is 37.6 Å². The molecule has 154 valence electrons. The normalized spacial score (nSPS) is 18.4. The van der Waals surface area contributed by atoms with Crippen molar-refractivity contribution in [1.82, 2.24) is 20.2 Å². The van der Waals surface area contributed by atoms with Gasteiger partial charge in [-0.15, -0.1) is 0 Å². The molecule has 0 aliphatic carbocycles. The van der Waals surface area contributed by atoms with Crippen molar-refractivity contribution in [3.63, 3.8) is 0 Å². The van der Waals surface area contributed by atoms with Crippen molar-refractivity contribution in [1.29, 1.82) is 5.26 Å². The molecule has 0 aromatic carbocycles. The van der Waals surface area contributed by atoms with E-state index in [0.29, 0.717) is 29.5 Å². The van der Waals surface area contributed by atoms with Crippen LogP contribution in [0.5, 0.6) is 0 Å². The number of aromatic nitrogens is 2. The molecule has 9 heteroatoms. The summed E-state index contributed by atoms with van der Waals surface area (Å²) in [5.41, 5.74) is 0.123. The van der Waals surface area contributed by atoms with Crippen molar-refractivity contribution >= 4 is 38.6 Å². The number of halogens is 1. The first-order valence-corrected chi connectivity index (χ1v) is 10.5. The first-order chi connectivity index (χ1) is 13.8. The van der Waals surface area contributed by atoms with E-state index in [0.717, 1.165) is 5.39 Å². The molecule has 2 amide bonds. The van der Waals surface area contributed by atoms with Crippen molar-refractivity contribution < 1.29 is 9.59 Å². The number of hydrogen-bond acceptors (Lipinski definition) is 4. The van der Waals surface area contributed by atoms with Gasteiger partial charge in [0.25, 0.3) is 5.56 Å². The fourth-order valence-corrected chi connectivity index (χ4v) is 4.15. The number of aromatic amines is 1. The number of nitriles is 1. The molecule has 2 aromatic heterocycles. The van der Waals surface area contributed by atoms with E-state index in [4.69, 9.17) is 0 Å². The van der Waals surface area contributed by atoms with Gasteiger partial charge in [0.05, 0.1) is 10.7 Å². The summed E-state index contributed by atoms with van der Waals surface area (Å²) in [6.45, 7) is 4.53. The molecule has 1 aliphatic rings. The largest absolute Gasteiger partial charge is 0.356 e. The number of fused-ring (bicyclic) bond motifs is 1.